The number of benzene rings is 1. The molecular weight excluding hydrogens is 316 g/mol. The first-order valence-electron chi connectivity index (χ1n) is 8.82. The van der Waals surface area contributed by atoms with E-state index in [9.17, 15) is 9.59 Å². The van der Waals surface area contributed by atoms with Gasteiger partial charge in [-0.2, -0.15) is 0 Å². The van der Waals surface area contributed by atoms with E-state index < -0.39 is 0 Å². The molecule has 2 unspecified atom stereocenters. The zero-order valence-electron chi connectivity index (χ0n) is 14.3. The van der Waals surface area contributed by atoms with Crippen LogP contribution in [0.1, 0.15) is 31.7 Å². The van der Waals surface area contributed by atoms with Crippen LogP contribution in [0.4, 0.5) is 0 Å². The first-order chi connectivity index (χ1) is 12.1. The summed E-state index contributed by atoms with van der Waals surface area (Å²) in [5.41, 5.74) is 3.85. The largest absolute Gasteiger partial charge is 0.443 e. The van der Waals surface area contributed by atoms with Gasteiger partial charge in [0.2, 0.25) is 5.91 Å². The van der Waals surface area contributed by atoms with Crippen molar-refractivity contribution in [2.75, 3.05) is 6.54 Å². The van der Waals surface area contributed by atoms with Gasteiger partial charge in [-0.05, 0) is 36.0 Å². The minimum Gasteiger partial charge on any atom is -0.443 e. The van der Waals surface area contributed by atoms with Crippen LogP contribution >= 0.6 is 0 Å². The van der Waals surface area contributed by atoms with Gasteiger partial charge in [-0.3, -0.25) is 9.59 Å². The summed E-state index contributed by atoms with van der Waals surface area (Å²) in [4.78, 5) is 25.6. The van der Waals surface area contributed by atoms with Gasteiger partial charge >= 0.3 is 5.97 Å². The Kier molecular flexibility index (Phi) is 4.17. The molecule has 2 aliphatic heterocycles. The van der Waals surface area contributed by atoms with Gasteiger partial charge in [0.1, 0.15) is 6.04 Å². The smallest absolute Gasteiger partial charge is 0.325 e. The van der Waals surface area contributed by atoms with E-state index in [4.69, 9.17) is 4.74 Å². The van der Waals surface area contributed by atoms with Gasteiger partial charge in [-0.1, -0.05) is 42.5 Å². The number of carbonyl (C=O) groups is 2. The SMILES string of the molecule is CC(=O)NC[C@@H]1OC(=O)C2CC=C3C=C(c4ccccc4)CCC3N21. The molecule has 3 aliphatic rings. The lowest BCUT2D eigenvalue weighted by Crippen LogP contribution is -2.52. The molecule has 1 aliphatic carbocycles. The molecule has 0 spiro atoms. The molecule has 4 rings (SSSR count). The zero-order chi connectivity index (χ0) is 17.4. The van der Waals surface area contributed by atoms with Crippen LogP contribution < -0.4 is 5.32 Å². The zero-order valence-corrected chi connectivity index (χ0v) is 14.3. The summed E-state index contributed by atoms with van der Waals surface area (Å²) in [6, 6.07) is 10.4. The summed E-state index contributed by atoms with van der Waals surface area (Å²) in [6.07, 6.45) is 6.65. The summed E-state index contributed by atoms with van der Waals surface area (Å²) in [5, 5.41) is 2.78. The summed E-state index contributed by atoms with van der Waals surface area (Å²) >= 11 is 0. The Morgan fingerprint density at radius 1 is 1.28 bits per heavy atom. The first-order valence-corrected chi connectivity index (χ1v) is 8.82. The maximum atomic E-state index is 12.2. The third-order valence-electron chi connectivity index (χ3n) is 5.24. The number of nitrogens with one attached hydrogen (secondary N) is 1. The number of amides is 1. The van der Waals surface area contributed by atoms with Crippen molar-refractivity contribution in [2.45, 2.75) is 44.5 Å². The van der Waals surface area contributed by atoms with Crippen LogP contribution in [0.3, 0.4) is 0 Å². The van der Waals surface area contributed by atoms with Crippen molar-refractivity contribution >= 4 is 17.4 Å². The van der Waals surface area contributed by atoms with Gasteiger partial charge in [0.05, 0.1) is 6.54 Å². The highest BCUT2D eigenvalue weighted by Crippen LogP contribution is 2.39. The Morgan fingerprint density at radius 2 is 2.08 bits per heavy atom. The number of esters is 1. The van der Waals surface area contributed by atoms with Crippen molar-refractivity contribution in [3.63, 3.8) is 0 Å². The van der Waals surface area contributed by atoms with Gasteiger partial charge in [0.15, 0.2) is 6.23 Å². The van der Waals surface area contributed by atoms with Crippen LogP contribution in [0.5, 0.6) is 0 Å². The van der Waals surface area contributed by atoms with Crippen molar-refractivity contribution in [1.29, 1.82) is 0 Å². The standard InChI is InChI=1S/C20H22N2O3/c1-13(23)21-12-19-22-17-9-7-15(14-5-3-2-4-6-14)11-16(17)8-10-18(22)20(24)25-19/h2-6,8,11,17-19H,7,9-10,12H2,1H3,(H,21,23)/t17?,18?,19-/m0/s1. The third-order valence-corrected chi connectivity index (χ3v) is 5.24. The second-order valence-corrected chi connectivity index (χ2v) is 6.82. The molecule has 3 atom stereocenters. The number of nitrogens with zero attached hydrogens (tertiary/aromatic N) is 1. The van der Waals surface area contributed by atoms with E-state index in [2.05, 4.69) is 46.6 Å². The highest BCUT2D eigenvalue weighted by Gasteiger charge is 2.48. The van der Waals surface area contributed by atoms with Crippen molar-refractivity contribution < 1.29 is 14.3 Å². The fourth-order valence-corrected chi connectivity index (χ4v) is 4.08. The van der Waals surface area contributed by atoms with Gasteiger partial charge in [-0.25, -0.2) is 4.90 Å². The third kappa shape index (κ3) is 3.00. The molecule has 0 aromatic heterocycles. The minimum absolute atomic E-state index is 0.109. The second kappa shape index (κ2) is 6.48. The van der Waals surface area contributed by atoms with Crippen LogP contribution in [0.15, 0.2) is 48.1 Å². The molecule has 0 radical (unpaired) electrons. The predicted octanol–water partition coefficient (Wildman–Crippen LogP) is 2.25. The Balaban J connectivity index is 1.59. The van der Waals surface area contributed by atoms with E-state index in [0.717, 1.165) is 12.8 Å². The first kappa shape index (κ1) is 16.1. The molecule has 2 heterocycles. The summed E-state index contributed by atoms with van der Waals surface area (Å²) in [7, 11) is 0. The van der Waals surface area contributed by atoms with Gasteiger partial charge in [0, 0.05) is 13.0 Å². The Morgan fingerprint density at radius 3 is 2.84 bits per heavy atom. The molecule has 5 nitrogen and oxygen atoms in total. The summed E-state index contributed by atoms with van der Waals surface area (Å²) < 4.78 is 5.54. The summed E-state index contributed by atoms with van der Waals surface area (Å²) in [5.74, 6) is -0.286. The second-order valence-electron chi connectivity index (χ2n) is 6.82. The molecule has 1 aromatic carbocycles. The molecular formula is C20H22N2O3. The van der Waals surface area contributed by atoms with E-state index >= 15 is 0 Å². The molecule has 1 N–H and O–H groups in total. The molecule has 25 heavy (non-hydrogen) atoms. The van der Waals surface area contributed by atoms with Crippen LogP contribution in [0.25, 0.3) is 5.57 Å². The minimum atomic E-state index is -0.373. The Hall–Kier alpha value is -2.40. The predicted molar refractivity (Wildman–Crippen MR) is 94.3 cm³/mol. The lowest BCUT2D eigenvalue weighted by Gasteiger charge is -2.40. The molecule has 0 bridgehead atoms. The number of rotatable bonds is 3. The molecule has 1 amide bonds. The van der Waals surface area contributed by atoms with E-state index in [0.29, 0.717) is 13.0 Å². The van der Waals surface area contributed by atoms with Crippen LogP contribution in [0.2, 0.25) is 0 Å². The maximum absolute atomic E-state index is 12.2. The van der Waals surface area contributed by atoms with Crippen molar-refractivity contribution in [3.8, 4) is 0 Å². The highest BCUT2D eigenvalue weighted by molar-refractivity contribution is 5.80. The molecule has 0 saturated carbocycles. The highest BCUT2D eigenvalue weighted by atomic mass is 16.6. The number of ether oxygens (including phenoxy) is 1. The quantitative estimate of drug-likeness (QED) is 0.859. The Labute approximate surface area is 147 Å². The molecule has 1 fully saturated rings. The number of cyclic esters (lactones) is 1. The van der Waals surface area contributed by atoms with Gasteiger partial charge < -0.3 is 10.1 Å². The van der Waals surface area contributed by atoms with E-state index in [1.54, 1.807) is 0 Å². The van der Waals surface area contributed by atoms with Crippen molar-refractivity contribution in [2.24, 2.45) is 0 Å². The van der Waals surface area contributed by atoms with Crippen LogP contribution in [-0.4, -0.2) is 41.6 Å². The molecule has 1 saturated heterocycles. The average molecular weight is 338 g/mol. The van der Waals surface area contributed by atoms with Crippen molar-refractivity contribution in [1.82, 2.24) is 10.2 Å². The van der Waals surface area contributed by atoms with Crippen molar-refractivity contribution in [3.05, 3.63) is 53.6 Å². The van der Waals surface area contributed by atoms with E-state index in [-0.39, 0.29) is 30.2 Å². The fourth-order valence-electron chi connectivity index (χ4n) is 4.08. The lowest BCUT2D eigenvalue weighted by atomic mass is 9.83. The van der Waals surface area contributed by atoms with Crippen LogP contribution in [-0.2, 0) is 14.3 Å². The fraction of sp³-hybridized carbons (Fsp3) is 0.400. The number of carbonyl (C=O) groups excluding carboxylic acids is 2. The normalized spacial score (nSPS) is 28.4. The van der Waals surface area contributed by atoms with Gasteiger partial charge in [0.25, 0.3) is 0 Å². The van der Waals surface area contributed by atoms with E-state index in [1.807, 2.05) is 6.07 Å². The molecule has 1 aromatic rings. The number of hydrogen-bond donors (Lipinski definition) is 1. The number of allylic oxidation sites excluding steroid dienone is 1. The maximum Gasteiger partial charge on any atom is 0.325 e. The lowest BCUT2D eigenvalue weighted by molar-refractivity contribution is -0.143. The van der Waals surface area contributed by atoms with E-state index in [1.165, 1.54) is 23.6 Å². The van der Waals surface area contributed by atoms with Crippen LogP contribution in [0, 0.1) is 0 Å². The van der Waals surface area contributed by atoms with Gasteiger partial charge in [-0.15, -0.1) is 0 Å². The summed E-state index contributed by atoms with van der Waals surface area (Å²) in [6.45, 7) is 1.82. The average Bonchev–Trinajstić information content (AvgIpc) is 2.96. The Bertz CT molecular complexity index is 753. The number of hydrogen-bond acceptors (Lipinski definition) is 4. The monoisotopic (exact) mass is 338 g/mol. The topological polar surface area (TPSA) is 58.6 Å². The molecule has 130 valence electrons. The number of fused-ring (bicyclic) bond motifs is 3. The molecule has 5 heteroatoms.